The third-order valence-corrected chi connectivity index (χ3v) is 9.11. The number of benzene rings is 3. The molecule has 298 valence electrons. The summed E-state index contributed by atoms with van der Waals surface area (Å²) in [7, 11) is 0. The molecule has 0 spiro atoms. The average molecular weight is 791 g/mol. The van der Waals surface area contributed by atoms with Crippen molar-refractivity contribution in [1.82, 2.24) is 20.2 Å². The fourth-order valence-electron chi connectivity index (χ4n) is 5.84. The van der Waals surface area contributed by atoms with E-state index in [-0.39, 0.29) is 64.4 Å². The van der Waals surface area contributed by atoms with Gasteiger partial charge in [-0.1, -0.05) is 48.0 Å². The van der Waals surface area contributed by atoms with Gasteiger partial charge in [-0.3, -0.25) is 29.6 Å². The normalized spacial score (nSPS) is 12.5. The van der Waals surface area contributed by atoms with Crippen molar-refractivity contribution >= 4 is 59.3 Å². The van der Waals surface area contributed by atoms with Crippen molar-refractivity contribution in [3.05, 3.63) is 93.8 Å². The number of hydrogen-bond acceptors (Lipinski definition) is 13. The summed E-state index contributed by atoms with van der Waals surface area (Å²) in [6.45, 7) is 1.23. The molecule has 1 aromatic heterocycles. The van der Waals surface area contributed by atoms with E-state index < -0.39 is 18.1 Å². The molecule has 3 amide bonds. The number of carbonyl (C=O) groups is 3. The Morgan fingerprint density at radius 2 is 1.30 bits per heavy atom. The van der Waals surface area contributed by atoms with E-state index >= 15 is 0 Å². The number of aliphatic hydroxyl groups excluding tert-OH is 2. The maximum absolute atomic E-state index is 12.4. The fraction of sp³-hybridized carbons (Fsp3) is 0.316. The lowest BCUT2D eigenvalue weighted by molar-refractivity contribution is -0.106. The van der Waals surface area contributed by atoms with Crippen LogP contribution >= 0.6 is 11.6 Å². The highest BCUT2D eigenvalue weighted by atomic mass is 35.5. The number of aromatic nitrogens is 2. The predicted molar refractivity (Wildman–Crippen MR) is 214 cm³/mol. The number of nitrogens with two attached hydrogens (primary N) is 3. The van der Waals surface area contributed by atoms with Crippen LogP contribution < -0.4 is 33.2 Å². The molecule has 0 bridgehead atoms. The summed E-state index contributed by atoms with van der Waals surface area (Å²) in [5, 5.41) is 49.4. The van der Waals surface area contributed by atoms with Crippen LogP contribution in [0.15, 0.2) is 65.7 Å². The number of unbranched alkanes of at least 4 members (excludes halogenated alkanes) is 2. The number of amides is 3. The van der Waals surface area contributed by atoms with E-state index in [2.05, 4.69) is 55.2 Å². The summed E-state index contributed by atoms with van der Waals surface area (Å²) < 4.78 is 0. The van der Waals surface area contributed by atoms with E-state index in [0.29, 0.717) is 37.0 Å². The standard InChI is InChI=1S/C38H47ClN10O7/c39-34-36(41)47-35(40)33(46-34)37(56)48-38(42)43-15-3-1-5-23-7-9-24(10-8-23)6-2-4-16-49(19-31(54)25-11-13-29(52)27(17-25)44-21-50)20-32(55)26-12-14-30(53)28(18-26)45-22-51/h7-14,17-18,21-22,31-32,52-55H,1-6,15-16,19-20H2,(H,44,50)(H,45,51)(H4,40,41,47)(H3,42,43,48,56)/t31-,32-/m0/s1. The molecule has 18 heteroatoms. The number of halogens is 1. The first-order chi connectivity index (χ1) is 26.9. The smallest absolute Gasteiger partial charge is 0.280 e. The van der Waals surface area contributed by atoms with E-state index in [1.165, 1.54) is 35.4 Å². The molecule has 13 N–H and O–H groups in total. The molecule has 56 heavy (non-hydrogen) atoms. The molecule has 2 atom stereocenters. The van der Waals surface area contributed by atoms with Crippen molar-refractivity contribution in [2.45, 2.75) is 50.7 Å². The third-order valence-electron chi connectivity index (χ3n) is 8.83. The van der Waals surface area contributed by atoms with Crippen LogP contribution in [0.2, 0.25) is 5.15 Å². The molecule has 0 aliphatic rings. The maximum Gasteiger partial charge on any atom is 0.280 e. The summed E-state index contributed by atoms with van der Waals surface area (Å²) >= 11 is 5.83. The second-order valence-corrected chi connectivity index (χ2v) is 13.3. The average Bonchev–Trinajstić information content (AvgIpc) is 3.17. The lowest BCUT2D eigenvalue weighted by atomic mass is 10.0. The largest absolute Gasteiger partial charge is 0.506 e. The van der Waals surface area contributed by atoms with Crippen molar-refractivity contribution in [1.29, 1.82) is 0 Å². The fourth-order valence-corrected chi connectivity index (χ4v) is 5.97. The van der Waals surface area contributed by atoms with Gasteiger partial charge < -0.3 is 48.3 Å². The van der Waals surface area contributed by atoms with Crippen LogP contribution in [-0.4, -0.2) is 86.2 Å². The van der Waals surface area contributed by atoms with Crippen LogP contribution in [0.1, 0.15) is 70.6 Å². The molecule has 1 heterocycles. The molecular weight excluding hydrogens is 744 g/mol. The monoisotopic (exact) mass is 790 g/mol. The van der Waals surface area contributed by atoms with E-state index in [4.69, 9.17) is 28.8 Å². The molecule has 0 aliphatic carbocycles. The molecule has 0 saturated carbocycles. The topological polar surface area (TPSA) is 288 Å². The number of anilines is 4. The number of nitrogens with one attached hydrogen (secondary N) is 3. The molecular formula is C38H47ClN10O7. The van der Waals surface area contributed by atoms with Gasteiger partial charge in [-0.15, -0.1) is 0 Å². The lowest BCUT2D eigenvalue weighted by Crippen LogP contribution is -2.38. The van der Waals surface area contributed by atoms with Gasteiger partial charge in [0, 0.05) is 19.6 Å². The van der Waals surface area contributed by atoms with E-state index in [0.717, 1.165) is 38.5 Å². The number of carbonyl (C=O) groups excluding carboxylic acids is 3. The SMILES string of the molecule is NC(=NCCCCc1ccc(CCCCN(C[C@H](O)c2ccc(O)c(NC=O)c2)C[C@H](O)c2ccc(O)c(NC=O)c2)cc1)NC(=O)c1nc(Cl)c(N)nc1N. The summed E-state index contributed by atoms with van der Waals surface area (Å²) in [5.41, 5.74) is 20.5. The molecule has 0 unspecified atom stereocenters. The quantitative estimate of drug-likeness (QED) is 0.0191. The van der Waals surface area contributed by atoms with Crippen molar-refractivity contribution in [3.8, 4) is 11.5 Å². The molecule has 4 aromatic rings. The Kier molecular flexibility index (Phi) is 16.2. The number of guanidine groups is 1. The summed E-state index contributed by atoms with van der Waals surface area (Å²) in [5.74, 6) is -1.31. The zero-order chi connectivity index (χ0) is 40.6. The number of aryl methyl sites for hydroxylation is 2. The Morgan fingerprint density at radius 1 is 0.786 bits per heavy atom. The molecule has 0 radical (unpaired) electrons. The van der Waals surface area contributed by atoms with Gasteiger partial charge in [-0.25, -0.2) is 9.97 Å². The zero-order valence-electron chi connectivity index (χ0n) is 30.6. The first-order valence-corrected chi connectivity index (χ1v) is 18.2. The van der Waals surface area contributed by atoms with Gasteiger partial charge >= 0.3 is 0 Å². The van der Waals surface area contributed by atoms with Crippen LogP contribution in [0.25, 0.3) is 0 Å². The number of phenolic OH excluding ortho intramolecular Hbond substituents is 2. The lowest BCUT2D eigenvalue weighted by Gasteiger charge is -2.28. The Morgan fingerprint density at radius 3 is 1.82 bits per heavy atom. The second-order valence-electron chi connectivity index (χ2n) is 13.0. The van der Waals surface area contributed by atoms with Gasteiger partial charge in [0.15, 0.2) is 28.4 Å². The van der Waals surface area contributed by atoms with E-state index in [1.807, 2.05) is 4.90 Å². The first kappa shape index (κ1) is 42.7. The molecule has 4 rings (SSSR count). The summed E-state index contributed by atoms with van der Waals surface area (Å²) in [6, 6.07) is 17.2. The van der Waals surface area contributed by atoms with Gasteiger partial charge in [0.2, 0.25) is 12.8 Å². The number of rotatable bonds is 21. The van der Waals surface area contributed by atoms with Crippen molar-refractivity contribution in [3.63, 3.8) is 0 Å². The Balaban J connectivity index is 1.26. The minimum absolute atomic E-state index is 0.0804. The van der Waals surface area contributed by atoms with Crippen molar-refractivity contribution in [2.75, 3.05) is 48.3 Å². The highest BCUT2D eigenvalue weighted by Crippen LogP contribution is 2.29. The van der Waals surface area contributed by atoms with Crippen LogP contribution in [0, 0.1) is 0 Å². The number of nitrogens with zero attached hydrogens (tertiary/aromatic N) is 4. The zero-order valence-corrected chi connectivity index (χ0v) is 31.3. The van der Waals surface area contributed by atoms with Gasteiger partial charge in [0.1, 0.15) is 11.5 Å². The number of nitrogen functional groups attached to an aromatic ring is 2. The van der Waals surface area contributed by atoms with E-state index in [1.54, 1.807) is 12.1 Å². The van der Waals surface area contributed by atoms with Crippen LogP contribution in [0.5, 0.6) is 11.5 Å². The molecule has 0 fully saturated rings. The van der Waals surface area contributed by atoms with Crippen molar-refractivity contribution in [2.24, 2.45) is 10.7 Å². The number of aliphatic imine (C=N–C) groups is 1. The predicted octanol–water partition coefficient (Wildman–Crippen LogP) is 3.00. The van der Waals surface area contributed by atoms with Gasteiger partial charge in [0.25, 0.3) is 5.91 Å². The maximum atomic E-state index is 12.4. The number of hydrogen-bond donors (Lipinski definition) is 10. The Bertz CT molecular complexity index is 1920. The van der Waals surface area contributed by atoms with Crippen LogP contribution in [0.3, 0.4) is 0 Å². The molecule has 0 aliphatic heterocycles. The van der Waals surface area contributed by atoms with Gasteiger partial charge in [-0.2, -0.15) is 0 Å². The van der Waals surface area contributed by atoms with Crippen LogP contribution in [0.4, 0.5) is 23.0 Å². The molecule has 17 nitrogen and oxygen atoms in total. The first-order valence-electron chi connectivity index (χ1n) is 17.8. The number of phenols is 2. The van der Waals surface area contributed by atoms with Crippen LogP contribution in [-0.2, 0) is 22.4 Å². The minimum Gasteiger partial charge on any atom is -0.506 e. The number of aromatic hydroxyl groups is 2. The van der Waals surface area contributed by atoms with Gasteiger partial charge in [-0.05, 0) is 91.6 Å². The molecule has 0 saturated heterocycles. The summed E-state index contributed by atoms with van der Waals surface area (Å²) in [6.07, 6.45) is 3.68. The highest BCUT2D eigenvalue weighted by molar-refractivity contribution is 6.31. The third kappa shape index (κ3) is 12.8. The Labute approximate surface area is 328 Å². The molecule has 3 aromatic carbocycles. The number of aliphatic hydroxyl groups is 2. The summed E-state index contributed by atoms with van der Waals surface area (Å²) in [4.78, 5) is 48.0. The Hall–Kier alpha value is -6.01. The highest BCUT2D eigenvalue weighted by Gasteiger charge is 2.20. The minimum atomic E-state index is -1.00. The second kappa shape index (κ2) is 21.2. The van der Waals surface area contributed by atoms with Crippen molar-refractivity contribution < 1.29 is 34.8 Å². The van der Waals surface area contributed by atoms with Gasteiger partial charge in [0.05, 0.1) is 23.6 Å². The van der Waals surface area contributed by atoms with E-state index in [9.17, 15) is 34.8 Å².